The normalized spacial score (nSPS) is 9.55. The number of rotatable bonds is 3. The first kappa shape index (κ1) is 8.72. The van der Waals surface area contributed by atoms with Crippen LogP contribution < -0.4 is 5.73 Å². The van der Waals surface area contributed by atoms with Crippen molar-refractivity contribution in [1.29, 1.82) is 0 Å². The van der Waals surface area contributed by atoms with Gasteiger partial charge in [0.1, 0.15) is 6.61 Å². The van der Waals surface area contributed by atoms with Gasteiger partial charge in [0.05, 0.1) is 8.45 Å². The quantitative estimate of drug-likeness (QED) is 0.664. The Morgan fingerprint density at radius 1 is 1.82 bits per heavy atom. The lowest BCUT2D eigenvalue weighted by molar-refractivity contribution is -0.129. The van der Waals surface area contributed by atoms with Crippen molar-refractivity contribution in [3.05, 3.63) is 8.45 Å². The van der Waals surface area contributed by atoms with E-state index in [4.69, 9.17) is 5.73 Å². The number of ether oxygens (including phenoxy) is 1. The van der Waals surface area contributed by atoms with Crippen molar-refractivity contribution < 1.29 is 9.53 Å². The number of hydrogen-bond donors (Lipinski definition) is 1. The van der Waals surface area contributed by atoms with Gasteiger partial charge in [-0.2, -0.15) is 4.37 Å². The predicted octanol–water partition coefficient (Wildman–Crippen LogP) is 1.00. The van der Waals surface area contributed by atoms with Crippen LogP contribution in [0.15, 0.2) is 0 Å². The molecular weight excluding hydrogens is 279 g/mol. The van der Waals surface area contributed by atoms with Gasteiger partial charge in [-0.3, -0.25) is 4.79 Å². The average molecular weight is 284 g/mol. The number of aromatic nitrogens is 1. The van der Waals surface area contributed by atoms with Gasteiger partial charge in [0.2, 0.25) is 0 Å². The van der Waals surface area contributed by atoms with Crippen LogP contribution in [0.5, 0.6) is 0 Å². The molecule has 60 valence electrons. The number of nitrogen functional groups attached to an aromatic ring is 1. The van der Waals surface area contributed by atoms with Crippen LogP contribution in [0.1, 0.15) is 4.88 Å². The van der Waals surface area contributed by atoms with Crippen LogP contribution in [0.2, 0.25) is 0 Å². The molecule has 1 heterocycles. The monoisotopic (exact) mass is 284 g/mol. The Hall–Kier alpha value is -0.370. The molecule has 4 nitrogen and oxygen atoms in total. The van der Waals surface area contributed by atoms with Crippen molar-refractivity contribution in [3.63, 3.8) is 0 Å². The lowest BCUT2D eigenvalue weighted by Gasteiger charge is -1.93. The lowest BCUT2D eigenvalue weighted by atomic mass is 10.5. The third kappa shape index (κ3) is 2.03. The number of nitrogens with zero attached hydrogens (tertiary/aromatic N) is 1. The third-order valence-electron chi connectivity index (χ3n) is 1.01. The molecular formula is C5H5IN2O2S. The molecule has 0 unspecified atom stereocenters. The first-order valence-corrected chi connectivity index (χ1v) is 4.55. The van der Waals surface area contributed by atoms with Crippen LogP contribution in [-0.4, -0.2) is 10.8 Å². The molecule has 0 radical (unpaired) electrons. The molecule has 1 rings (SSSR count). The number of hydrogen-bond acceptors (Lipinski definition) is 5. The van der Waals surface area contributed by atoms with Gasteiger partial charge in [0.15, 0.2) is 5.82 Å². The third-order valence-corrected chi connectivity index (χ3v) is 3.41. The molecule has 0 aliphatic rings. The molecule has 0 bridgehead atoms. The summed E-state index contributed by atoms with van der Waals surface area (Å²) in [7, 11) is 0. The standard InChI is InChI=1S/C5H5IN2O2S/c6-4-3(1-10-2-9)11-8-5(4)7/h2H,1H2,(H2,7,8). The Morgan fingerprint density at radius 2 is 2.55 bits per heavy atom. The largest absolute Gasteiger partial charge is 0.462 e. The van der Waals surface area contributed by atoms with Crippen LogP contribution >= 0.6 is 34.1 Å². The molecule has 6 heteroatoms. The van der Waals surface area contributed by atoms with Gasteiger partial charge in [-0.05, 0) is 34.1 Å². The number of anilines is 1. The van der Waals surface area contributed by atoms with Crippen molar-refractivity contribution in [2.24, 2.45) is 0 Å². The topological polar surface area (TPSA) is 65.2 Å². The highest BCUT2D eigenvalue weighted by atomic mass is 127. The van der Waals surface area contributed by atoms with Gasteiger partial charge >= 0.3 is 0 Å². The lowest BCUT2D eigenvalue weighted by Crippen LogP contribution is -1.91. The summed E-state index contributed by atoms with van der Waals surface area (Å²) in [6.07, 6.45) is 0. The summed E-state index contributed by atoms with van der Waals surface area (Å²) < 4.78 is 9.30. The minimum absolute atomic E-state index is 0.261. The molecule has 0 saturated carbocycles. The second-order valence-corrected chi connectivity index (χ2v) is 3.65. The maximum absolute atomic E-state index is 9.82. The Labute approximate surface area is 81.0 Å². The molecule has 0 spiro atoms. The van der Waals surface area contributed by atoms with E-state index in [1.54, 1.807) is 0 Å². The van der Waals surface area contributed by atoms with Crippen LogP contribution in [0.25, 0.3) is 0 Å². The molecule has 0 atom stereocenters. The summed E-state index contributed by atoms with van der Waals surface area (Å²) >= 11 is 3.32. The smallest absolute Gasteiger partial charge is 0.293 e. The molecule has 2 N–H and O–H groups in total. The highest BCUT2D eigenvalue weighted by molar-refractivity contribution is 14.1. The van der Waals surface area contributed by atoms with Crippen molar-refractivity contribution in [1.82, 2.24) is 4.37 Å². The molecule has 0 aromatic carbocycles. The van der Waals surface area contributed by atoms with Crippen LogP contribution in [-0.2, 0) is 16.1 Å². The van der Waals surface area contributed by atoms with E-state index in [-0.39, 0.29) is 6.61 Å². The minimum atomic E-state index is 0.261. The van der Waals surface area contributed by atoms with Gasteiger partial charge < -0.3 is 10.5 Å². The zero-order chi connectivity index (χ0) is 8.27. The van der Waals surface area contributed by atoms with E-state index in [1.165, 1.54) is 11.5 Å². The van der Waals surface area contributed by atoms with Crippen LogP contribution in [0.3, 0.4) is 0 Å². The van der Waals surface area contributed by atoms with E-state index < -0.39 is 0 Å². The van der Waals surface area contributed by atoms with Crippen LogP contribution in [0, 0.1) is 3.57 Å². The average Bonchev–Trinajstić information content (AvgIpc) is 2.31. The molecule has 1 aromatic heterocycles. The Balaban J connectivity index is 2.70. The van der Waals surface area contributed by atoms with E-state index in [9.17, 15) is 4.79 Å². The van der Waals surface area contributed by atoms with E-state index in [1.807, 2.05) is 0 Å². The second kappa shape index (κ2) is 3.86. The highest BCUT2D eigenvalue weighted by Crippen LogP contribution is 2.22. The van der Waals surface area contributed by atoms with Crippen molar-refractivity contribution in [2.45, 2.75) is 6.61 Å². The zero-order valence-electron chi connectivity index (χ0n) is 5.41. The van der Waals surface area contributed by atoms with E-state index in [0.717, 1.165) is 8.45 Å². The summed E-state index contributed by atoms with van der Waals surface area (Å²) in [4.78, 5) is 10.7. The van der Waals surface area contributed by atoms with Crippen molar-refractivity contribution in [3.8, 4) is 0 Å². The maximum atomic E-state index is 9.82. The zero-order valence-corrected chi connectivity index (χ0v) is 8.39. The van der Waals surface area contributed by atoms with Gasteiger partial charge in [0.25, 0.3) is 6.47 Å². The van der Waals surface area contributed by atoms with E-state index >= 15 is 0 Å². The van der Waals surface area contributed by atoms with E-state index in [0.29, 0.717) is 12.3 Å². The summed E-state index contributed by atoms with van der Waals surface area (Å²) in [5.74, 6) is 0.500. The second-order valence-electron chi connectivity index (χ2n) is 1.71. The van der Waals surface area contributed by atoms with Gasteiger partial charge in [-0.25, -0.2) is 0 Å². The summed E-state index contributed by atoms with van der Waals surface area (Å²) in [6, 6.07) is 0. The molecule has 0 amide bonds. The summed E-state index contributed by atoms with van der Waals surface area (Å²) in [5, 5.41) is 0. The number of nitrogens with two attached hydrogens (primary N) is 1. The van der Waals surface area contributed by atoms with Gasteiger partial charge in [-0.15, -0.1) is 0 Å². The Kier molecular flexibility index (Phi) is 3.06. The maximum Gasteiger partial charge on any atom is 0.293 e. The fourth-order valence-electron chi connectivity index (χ4n) is 0.527. The number of halogens is 1. The van der Waals surface area contributed by atoms with Crippen LogP contribution in [0.4, 0.5) is 5.82 Å². The molecule has 0 fully saturated rings. The van der Waals surface area contributed by atoms with Crippen molar-refractivity contribution >= 4 is 46.4 Å². The Morgan fingerprint density at radius 3 is 3.00 bits per heavy atom. The fourth-order valence-corrected chi connectivity index (χ4v) is 1.87. The molecule has 0 saturated heterocycles. The molecule has 0 aliphatic carbocycles. The first-order chi connectivity index (χ1) is 5.25. The fraction of sp³-hybridized carbons (Fsp3) is 0.200. The van der Waals surface area contributed by atoms with Crippen molar-refractivity contribution in [2.75, 3.05) is 5.73 Å². The Bertz CT molecular complexity index is 263. The SMILES string of the molecule is Nc1nsc(COC=O)c1I. The minimum Gasteiger partial charge on any atom is -0.462 e. The summed E-state index contributed by atoms with van der Waals surface area (Å²) in [6.45, 7) is 0.669. The predicted molar refractivity (Wildman–Crippen MR) is 50.1 cm³/mol. The van der Waals surface area contributed by atoms with Gasteiger partial charge in [0, 0.05) is 0 Å². The first-order valence-electron chi connectivity index (χ1n) is 2.70. The summed E-state index contributed by atoms with van der Waals surface area (Å²) in [5.41, 5.74) is 5.46. The van der Waals surface area contributed by atoms with E-state index in [2.05, 4.69) is 31.7 Å². The number of carbonyl (C=O) groups is 1. The molecule has 0 aliphatic heterocycles. The number of carbonyl (C=O) groups excluding carboxylic acids is 1. The van der Waals surface area contributed by atoms with Gasteiger partial charge in [-0.1, -0.05) is 0 Å². The molecule has 1 aromatic rings. The molecule has 11 heavy (non-hydrogen) atoms. The highest BCUT2D eigenvalue weighted by Gasteiger charge is 2.07.